The summed E-state index contributed by atoms with van der Waals surface area (Å²) < 4.78 is 26.9. The molecule has 1 heterocycles. The van der Waals surface area contributed by atoms with Crippen molar-refractivity contribution in [3.8, 4) is 6.07 Å². The van der Waals surface area contributed by atoms with Crippen LogP contribution in [0.1, 0.15) is 19.4 Å². The first-order valence-electron chi connectivity index (χ1n) is 5.90. The van der Waals surface area contributed by atoms with Crippen LogP contribution >= 0.6 is 22.9 Å². The van der Waals surface area contributed by atoms with Gasteiger partial charge in [0.15, 0.2) is 8.68 Å². The minimum Gasteiger partial charge on any atom is -0.279 e. The summed E-state index contributed by atoms with van der Waals surface area (Å²) in [5.74, 6) is 0. The van der Waals surface area contributed by atoms with Crippen molar-refractivity contribution in [2.45, 2.75) is 23.5 Å². The summed E-state index contributed by atoms with van der Waals surface area (Å²) in [4.78, 5) is 3.71. The number of nitriles is 1. The Morgan fingerprint density at radius 3 is 2.43 bits per heavy atom. The summed E-state index contributed by atoms with van der Waals surface area (Å²) in [7, 11) is -3.69. The molecule has 5 nitrogen and oxygen atoms in total. The van der Waals surface area contributed by atoms with E-state index in [4.69, 9.17) is 16.9 Å². The SMILES string of the molecule is CC(C)(C#N)c1ccc(NS(=O)(=O)c2cnc(Cl)s2)cc1. The van der Waals surface area contributed by atoms with E-state index >= 15 is 0 Å². The van der Waals surface area contributed by atoms with E-state index in [9.17, 15) is 8.42 Å². The van der Waals surface area contributed by atoms with Crippen LogP contribution in [0.3, 0.4) is 0 Å². The first-order valence-corrected chi connectivity index (χ1v) is 8.58. The number of halogens is 1. The topological polar surface area (TPSA) is 82.9 Å². The Bertz CT molecular complexity index is 790. The molecule has 1 N–H and O–H groups in total. The van der Waals surface area contributed by atoms with Gasteiger partial charge in [0.25, 0.3) is 10.0 Å². The number of nitrogens with zero attached hydrogens (tertiary/aromatic N) is 2. The van der Waals surface area contributed by atoms with Crippen LogP contribution in [0.2, 0.25) is 4.47 Å². The predicted molar refractivity (Wildman–Crippen MR) is 83.0 cm³/mol. The van der Waals surface area contributed by atoms with Crippen molar-refractivity contribution >= 4 is 38.6 Å². The molecule has 0 atom stereocenters. The molecule has 0 fully saturated rings. The smallest absolute Gasteiger partial charge is 0.273 e. The summed E-state index contributed by atoms with van der Waals surface area (Å²) in [5.41, 5.74) is 0.605. The zero-order chi connectivity index (χ0) is 15.7. The van der Waals surface area contributed by atoms with Crippen LogP contribution in [-0.4, -0.2) is 13.4 Å². The highest BCUT2D eigenvalue weighted by atomic mass is 35.5. The lowest BCUT2D eigenvalue weighted by molar-refractivity contribution is 0.603. The van der Waals surface area contributed by atoms with Crippen molar-refractivity contribution in [3.63, 3.8) is 0 Å². The fourth-order valence-electron chi connectivity index (χ4n) is 1.59. The van der Waals surface area contributed by atoms with E-state index in [1.807, 2.05) is 0 Å². The lowest BCUT2D eigenvalue weighted by Crippen LogP contribution is -2.14. The first-order chi connectivity index (χ1) is 9.74. The Kier molecular flexibility index (Phi) is 4.23. The third-order valence-electron chi connectivity index (χ3n) is 2.86. The molecule has 0 unspecified atom stereocenters. The van der Waals surface area contributed by atoms with Crippen LogP contribution in [0.4, 0.5) is 5.69 Å². The lowest BCUT2D eigenvalue weighted by atomic mass is 9.86. The Balaban J connectivity index is 2.23. The van der Waals surface area contributed by atoms with Crippen LogP contribution in [0.5, 0.6) is 0 Å². The van der Waals surface area contributed by atoms with Gasteiger partial charge in [-0.05, 0) is 31.5 Å². The van der Waals surface area contributed by atoms with Crippen LogP contribution in [0, 0.1) is 11.3 Å². The number of hydrogen-bond acceptors (Lipinski definition) is 5. The van der Waals surface area contributed by atoms with Gasteiger partial charge < -0.3 is 0 Å². The normalized spacial score (nSPS) is 11.9. The van der Waals surface area contributed by atoms with E-state index in [2.05, 4.69) is 15.8 Å². The Morgan fingerprint density at radius 2 is 1.95 bits per heavy atom. The zero-order valence-electron chi connectivity index (χ0n) is 11.3. The monoisotopic (exact) mass is 341 g/mol. The van der Waals surface area contributed by atoms with Gasteiger partial charge in [-0.1, -0.05) is 35.1 Å². The molecule has 0 spiro atoms. The van der Waals surface area contributed by atoms with Crippen molar-refractivity contribution in [2.24, 2.45) is 0 Å². The second-order valence-electron chi connectivity index (χ2n) is 4.85. The molecule has 1 aromatic carbocycles. The van der Waals surface area contributed by atoms with Gasteiger partial charge in [-0.15, -0.1) is 0 Å². The van der Waals surface area contributed by atoms with Gasteiger partial charge in [0.2, 0.25) is 0 Å². The zero-order valence-corrected chi connectivity index (χ0v) is 13.7. The van der Waals surface area contributed by atoms with Crippen molar-refractivity contribution in [1.29, 1.82) is 5.26 Å². The molecule has 21 heavy (non-hydrogen) atoms. The standard InChI is InChI=1S/C13H12ClN3O2S2/c1-13(2,8-15)9-3-5-10(6-4-9)17-21(18,19)11-7-16-12(14)20-11/h3-7,17H,1-2H3. The van der Waals surface area contributed by atoms with E-state index in [1.165, 1.54) is 6.20 Å². The minimum atomic E-state index is -3.69. The number of sulfonamides is 1. The molecule has 0 saturated heterocycles. The van der Waals surface area contributed by atoms with Gasteiger partial charge in [0.1, 0.15) is 0 Å². The van der Waals surface area contributed by atoms with Gasteiger partial charge in [0, 0.05) is 5.69 Å². The highest BCUT2D eigenvalue weighted by Gasteiger charge is 2.21. The molecular weight excluding hydrogens is 330 g/mol. The average molecular weight is 342 g/mol. The summed E-state index contributed by atoms with van der Waals surface area (Å²) in [6.07, 6.45) is 1.21. The highest BCUT2D eigenvalue weighted by Crippen LogP contribution is 2.27. The van der Waals surface area contributed by atoms with E-state index < -0.39 is 15.4 Å². The summed E-state index contributed by atoms with van der Waals surface area (Å²) in [6.45, 7) is 3.59. The minimum absolute atomic E-state index is 0.0499. The van der Waals surface area contributed by atoms with E-state index in [-0.39, 0.29) is 8.68 Å². The predicted octanol–water partition coefficient (Wildman–Crippen LogP) is 3.40. The van der Waals surface area contributed by atoms with E-state index in [1.54, 1.807) is 38.1 Å². The Hall–Kier alpha value is -1.62. The van der Waals surface area contributed by atoms with E-state index in [0.29, 0.717) is 5.69 Å². The molecule has 0 bridgehead atoms. The molecule has 2 aromatic rings. The molecular formula is C13H12ClN3O2S2. The molecule has 0 saturated carbocycles. The van der Waals surface area contributed by atoms with Gasteiger partial charge in [0.05, 0.1) is 17.7 Å². The van der Waals surface area contributed by atoms with Gasteiger partial charge in [-0.2, -0.15) is 5.26 Å². The maximum absolute atomic E-state index is 12.1. The fourth-order valence-corrected chi connectivity index (χ4v) is 3.94. The molecule has 0 amide bonds. The van der Waals surface area contributed by atoms with Crippen molar-refractivity contribution in [2.75, 3.05) is 4.72 Å². The molecule has 8 heteroatoms. The number of thiazole rings is 1. The second kappa shape index (κ2) is 5.64. The summed E-state index contributed by atoms with van der Waals surface area (Å²) in [5, 5.41) is 9.07. The van der Waals surface area contributed by atoms with Crippen LogP contribution in [0.25, 0.3) is 0 Å². The second-order valence-corrected chi connectivity index (χ2v) is 8.37. The van der Waals surface area contributed by atoms with Gasteiger partial charge >= 0.3 is 0 Å². The number of aromatic nitrogens is 1. The van der Waals surface area contributed by atoms with E-state index in [0.717, 1.165) is 16.9 Å². The molecule has 0 aliphatic carbocycles. The third kappa shape index (κ3) is 3.53. The fraction of sp³-hybridized carbons (Fsp3) is 0.231. The molecule has 0 aliphatic heterocycles. The number of hydrogen-bond donors (Lipinski definition) is 1. The number of rotatable bonds is 4. The van der Waals surface area contributed by atoms with Crippen LogP contribution < -0.4 is 4.72 Å². The van der Waals surface area contributed by atoms with Crippen molar-refractivity contribution in [3.05, 3.63) is 40.5 Å². The average Bonchev–Trinajstić information content (AvgIpc) is 2.86. The largest absolute Gasteiger partial charge is 0.279 e. The number of nitrogens with one attached hydrogen (secondary N) is 1. The quantitative estimate of drug-likeness (QED) is 0.923. The van der Waals surface area contributed by atoms with Gasteiger partial charge in [-0.3, -0.25) is 4.72 Å². The number of anilines is 1. The molecule has 0 aliphatic rings. The summed E-state index contributed by atoms with van der Waals surface area (Å²) >= 11 is 6.53. The first kappa shape index (κ1) is 15.8. The lowest BCUT2D eigenvalue weighted by Gasteiger charge is -2.16. The van der Waals surface area contributed by atoms with Crippen LogP contribution in [0.15, 0.2) is 34.7 Å². The summed E-state index contributed by atoms with van der Waals surface area (Å²) in [6, 6.07) is 8.88. The highest BCUT2D eigenvalue weighted by molar-refractivity contribution is 7.94. The Morgan fingerprint density at radius 1 is 1.33 bits per heavy atom. The Labute approximate surface area is 132 Å². The molecule has 0 radical (unpaired) electrons. The molecule has 110 valence electrons. The van der Waals surface area contributed by atoms with Crippen LogP contribution in [-0.2, 0) is 15.4 Å². The van der Waals surface area contributed by atoms with Crippen molar-refractivity contribution < 1.29 is 8.42 Å². The van der Waals surface area contributed by atoms with Crippen molar-refractivity contribution in [1.82, 2.24) is 4.98 Å². The molecule has 2 rings (SSSR count). The maximum atomic E-state index is 12.1. The molecule has 1 aromatic heterocycles. The third-order valence-corrected chi connectivity index (χ3v) is 5.82. The maximum Gasteiger partial charge on any atom is 0.273 e. The van der Waals surface area contributed by atoms with Gasteiger partial charge in [-0.25, -0.2) is 13.4 Å². The number of benzene rings is 1.